The number of benzene rings is 1. The molecule has 0 radical (unpaired) electrons. The highest BCUT2D eigenvalue weighted by Crippen LogP contribution is 2.22. The van der Waals surface area contributed by atoms with E-state index >= 15 is 0 Å². The summed E-state index contributed by atoms with van der Waals surface area (Å²) in [6, 6.07) is 8.42. The number of hydrogen-bond acceptors (Lipinski definition) is 3. The van der Waals surface area contributed by atoms with Gasteiger partial charge in [0.1, 0.15) is 0 Å². The first-order valence-corrected chi connectivity index (χ1v) is 6.63. The summed E-state index contributed by atoms with van der Waals surface area (Å²) in [6.07, 6.45) is 9.24. The molecule has 2 rings (SSSR count). The third-order valence-corrected chi connectivity index (χ3v) is 3.06. The highest BCUT2D eigenvalue weighted by atomic mass is 15.1. The lowest BCUT2D eigenvalue weighted by Gasteiger charge is -2.23. The van der Waals surface area contributed by atoms with Gasteiger partial charge in [0.25, 0.3) is 0 Å². The second-order valence-electron chi connectivity index (χ2n) is 4.19. The summed E-state index contributed by atoms with van der Waals surface area (Å²) in [5.74, 6) is 0. The first-order chi connectivity index (χ1) is 9.35. The quantitative estimate of drug-likeness (QED) is 0.816. The van der Waals surface area contributed by atoms with E-state index in [2.05, 4.69) is 59.1 Å². The molecule has 1 aromatic heterocycles. The van der Waals surface area contributed by atoms with Crippen LogP contribution in [0.25, 0.3) is 12.2 Å². The number of nitrogens with zero attached hydrogens (tertiary/aromatic N) is 3. The Labute approximate surface area is 114 Å². The zero-order chi connectivity index (χ0) is 13.5. The number of hydrogen-bond donors (Lipinski definition) is 0. The number of para-hydroxylation sites is 1. The zero-order valence-electron chi connectivity index (χ0n) is 11.5. The van der Waals surface area contributed by atoms with Gasteiger partial charge in [-0.15, -0.1) is 0 Å². The first-order valence-electron chi connectivity index (χ1n) is 6.63. The van der Waals surface area contributed by atoms with Crippen LogP contribution < -0.4 is 4.90 Å². The molecule has 0 amide bonds. The van der Waals surface area contributed by atoms with Crippen molar-refractivity contribution in [3.8, 4) is 0 Å². The molecule has 0 fully saturated rings. The molecule has 0 aliphatic rings. The molecule has 0 bridgehead atoms. The average Bonchev–Trinajstić information content (AvgIpc) is 2.48. The minimum absolute atomic E-state index is 0.872. The summed E-state index contributed by atoms with van der Waals surface area (Å²) in [6.45, 7) is 6.36. The van der Waals surface area contributed by atoms with E-state index in [4.69, 9.17) is 0 Å². The van der Waals surface area contributed by atoms with Crippen LogP contribution in [0.2, 0.25) is 0 Å². The van der Waals surface area contributed by atoms with Crippen LogP contribution in [-0.2, 0) is 0 Å². The van der Waals surface area contributed by atoms with Crippen LogP contribution in [0.1, 0.15) is 25.1 Å². The fourth-order valence-electron chi connectivity index (χ4n) is 2.05. The van der Waals surface area contributed by atoms with Crippen molar-refractivity contribution in [3.63, 3.8) is 0 Å². The maximum absolute atomic E-state index is 4.25. The smallest absolute Gasteiger partial charge is 0.0813 e. The van der Waals surface area contributed by atoms with Crippen molar-refractivity contribution in [2.75, 3.05) is 18.0 Å². The Bertz CT molecular complexity index is 531. The van der Waals surface area contributed by atoms with Crippen LogP contribution in [-0.4, -0.2) is 23.1 Å². The summed E-state index contributed by atoms with van der Waals surface area (Å²) in [7, 11) is 0. The van der Waals surface area contributed by atoms with Crippen molar-refractivity contribution >= 4 is 17.8 Å². The highest BCUT2D eigenvalue weighted by Gasteiger charge is 2.04. The van der Waals surface area contributed by atoms with Gasteiger partial charge in [-0.05, 0) is 31.6 Å². The molecule has 0 aliphatic carbocycles. The third-order valence-electron chi connectivity index (χ3n) is 3.06. The molecule has 0 aliphatic heterocycles. The summed E-state index contributed by atoms with van der Waals surface area (Å²) >= 11 is 0. The molecule has 0 N–H and O–H groups in total. The molecule has 1 heterocycles. The lowest BCUT2D eigenvalue weighted by atomic mass is 10.1. The molecule has 3 heteroatoms. The highest BCUT2D eigenvalue weighted by molar-refractivity contribution is 5.76. The maximum atomic E-state index is 4.25. The number of aromatic nitrogens is 2. The van der Waals surface area contributed by atoms with Gasteiger partial charge in [-0.25, -0.2) is 0 Å². The van der Waals surface area contributed by atoms with Gasteiger partial charge in [0.05, 0.1) is 11.9 Å². The maximum Gasteiger partial charge on any atom is 0.0813 e. The Morgan fingerprint density at radius 1 is 1.05 bits per heavy atom. The van der Waals surface area contributed by atoms with Crippen molar-refractivity contribution < 1.29 is 0 Å². The Kier molecular flexibility index (Phi) is 4.67. The van der Waals surface area contributed by atoms with Gasteiger partial charge in [-0.2, -0.15) is 0 Å². The minimum atomic E-state index is 0.872. The van der Waals surface area contributed by atoms with Crippen molar-refractivity contribution in [1.29, 1.82) is 0 Å². The molecule has 2 aromatic rings. The van der Waals surface area contributed by atoms with Crippen LogP contribution in [0.4, 0.5) is 5.69 Å². The van der Waals surface area contributed by atoms with Gasteiger partial charge in [0.2, 0.25) is 0 Å². The molecule has 0 spiro atoms. The minimum Gasteiger partial charge on any atom is -0.372 e. The van der Waals surface area contributed by atoms with Crippen LogP contribution >= 0.6 is 0 Å². The molecule has 1 aromatic carbocycles. The fraction of sp³-hybridized carbons (Fsp3) is 0.250. The molecule has 98 valence electrons. The second-order valence-corrected chi connectivity index (χ2v) is 4.19. The van der Waals surface area contributed by atoms with Crippen molar-refractivity contribution in [2.45, 2.75) is 13.8 Å². The SMILES string of the molecule is CCN(CC)c1ccccc1C=Cc1cnccn1. The van der Waals surface area contributed by atoms with Gasteiger partial charge in [0, 0.05) is 31.2 Å². The normalized spacial score (nSPS) is 10.8. The topological polar surface area (TPSA) is 29.0 Å². The Morgan fingerprint density at radius 2 is 1.84 bits per heavy atom. The van der Waals surface area contributed by atoms with Crippen LogP contribution in [0.3, 0.4) is 0 Å². The average molecular weight is 253 g/mol. The summed E-state index contributed by atoms with van der Waals surface area (Å²) in [5, 5.41) is 0. The molecule has 0 atom stereocenters. The summed E-state index contributed by atoms with van der Waals surface area (Å²) < 4.78 is 0. The molecule has 19 heavy (non-hydrogen) atoms. The van der Waals surface area contributed by atoms with Crippen molar-refractivity contribution in [1.82, 2.24) is 9.97 Å². The lowest BCUT2D eigenvalue weighted by Crippen LogP contribution is -2.22. The Balaban J connectivity index is 2.28. The van der Waals surface area contributed by atoms with E-state index < -0.39 is 0 Å². The van der Waals surface area contributed by atoms with E-state index in [-0.39, 0.29) is 0 Å². The van der Waals surface area contributed by atoms with Gasteiger partial charge >= 0.3 is 0 Å². The monoisotopic (exact) mass is 253 g/mol. The first kappa shape index (κ1) is 13.3. The largest absolute Gasteiger partial charge is 0.372 e. The third kappa shape index (κ3) is 3.41. The predicted octanol–water partition coefficient (Wildman–Crippen LogP) is 3.49. The second kappa shape index (κ2) is 6.69. The lowest BCUT2D eigenvalue weighted by molar-refractivity contribution is 0.865. The van der Waals surface area contributed by atoms with Crippen molar-refractivity contribution in [3.05, 3.63) is 54.1 Å². The van der Waals surface area contributed by atoms with E-state index in [1.807, 2.05) is 6.08 Å². The standard InChI is InChI=1S/C16H19N3/c1-3-19(4-2)16-8-6-5-7-14(16)9-10-15-13-17-11-12-18-15/h5-13H,3-4H2,1-2H3. The van der Waals surface area contributed by atoms with E-state index in [0.29, 0.717) is 0 Å². The molecular formula is C16H19N3. The van der Waals surface area contributed by atoms with E-state index in [0.717, 1.165) is 18.8 Å². The molecule has 0 saturated heterocycles. The van der Waals surface area contributed by atoms with Crippen LogP contribution in [0.5, 0.6) is 0 Å². The van der Waals surface area contributed by atoms with Crippen molar-refractivity contribution in [2.24, 2.45) is 0 Å². The molecular weight excluding hydrogens is 234 g/mol. The molecule has 0 unspecified atom stereocenters. The molecule has 3 nitrogen and oxygen atoms in total. The fourth-order valence-corrected chi connectivity index (χ4v) is 2.05. The van der Waals surface area contributed by atoms with E-state index in [1.165, 1.54) is 11.3 Å². The Hall–Kier alpha value is -2.16. The summed E-state index contributed by atoms with van der Waals surface area (Å²) in [4.78, 5) is 10.7. The van der Waals surface area contributed by atoms with Crippen LogP contribution in [0, 0.1) is 0 Å². The van der Waals surface area contributed by atoms with Gasteiger partial charge in [-0.1, -0.05) is 24.3 Å². The Morgan fingerprint density at radius 3 is 2.53 bits per heavy atom. The van der Waals surface area contributed by atoms with E-state index in [9.17, 15) is 0 Å². The summed E-state index contributed by atoms with van der Waals surface area (Å²) in [5.41, 5.74) is 3.33. The zero-order valence-corrected chi connectivity index (χ0v) is 11.5. The number of anilines is 1. The van der Waals surface area contributed by atoms with Gasteiger partial charge in [-0.3, -0.25) is 9.97 Å². The van der Waals surface area contributed by atoms with Gasteiger partial charge in [0.15, 0.2) is 0 Å². The predicted molar refractivity (Wildman–Crippen MR) is 81.0 cm³/mol. The van der Waals surface area contributed by atoms with Gasteiger partial charge < -0.3 is 4.90 Å². The van der Waals surface area contributed by atoms with Crippen LogP contribution in [0.15, 0.2) is 42.9 Å². The molecule has 0 saturated carbocycles. The number of rotatable bonds is 5. The van der Waals surface area contributed by atoms with E-state index in [1.54, 1.807) is 18.6 Å².